The molecule has 0 radical (unpaired) electrons. The molecule has 2 atom stereocenters. The molecule has 2 aliphatic heterocycles. The van der Waals surface area contributed by atoms with Crippen LogP contribution in [0.15, 0.2) is 36.4 Å². The first kappa shape index (κ1) is 17.9. The topological polar surface area (TPSA) is 47.9 Å². The van der Waals surface area contributed by atoms with Gasteiger partial charge in [0.25, 0.3) is 0 Å². The maximum atomic E-state index is 11.2. The van der Waals surface area contributed by atoms with Crippen LogP contribution in [-0.2, 0) is 0 Å². The average molecular weight is 366 g/mol. The van der Waals surface area contributed by atoms with Gasteiger partial charge in [-0.1, -0.05) is 12.1 Å². The molecule has 2 aliphatic rings. The van der Waals surface area contributed by atoms with Crippen molar-refractivity contribution in [3.8, 4) is 17.2 Å². The number of hydrogen-bond acceptors (Lipinski definition) is 4. The van der Waals surface area contributed by atoms with Gasteiger partial charge >= 0.3 is 0 Å². The van der Waals surface area contributed by atoms with E-state index in [4.69, 9.17) is 14.2 Å². The smallest absolute Gasteiger partial charge is 0.127 e. The summed E-state index contributed by atoms with van der Waals surface area (Å²) in [5.74, 6) is 2.47. The molecule has 0 saturated carbocycles. The van der Waals surface area contributed by atoms with Crippen LogP contribution in [0.25, 0.3) is 6.08 Å². The third-order valence-electron chi connectivity index (χ3n) is 5.41. The van der Waals surface area contributed by atoms with Gasteiger partial charge < -0.3 is 19.3 Å². The second kappa shape index (κ2) is 6.61. The Labute approximate surface area is 160 Å². The molecule has 2 heterocycles. The zero-order valence-corrected chi connectivity index (χ0v) is 16.3. The van der Waals surface area contributed by atoms with Crippen molar-refractivity contribution in [1.82, 2.24) is 0 Å². The predicted octanol–water partition coefficient (Wildman–Crippen LogP) is 4.79. The van der Waals surface area contributed by atoms with Gasteiger partial charge in [0.05, 0.1) is 19.8 Å². The van der Waals surface area contributed by atoms with Gasteiger partial charge in [0.1, 0.15) is 22.8 Å². The van der Waals surface area contributed by atoms with Crippen LogP contribution < -0.4 is 14.2 Å². The number of hydrogen-bond donors (Lipinski definition) is 1. The number of rotatable bonds is 3. The summed E-state index contributed by atoms with van der Waals surface area (Å²) in [5, 5.41) is 11.2. The zero-order valence-electron chi connectivity index (χ0n) is 16.3. The number of benzene rings is 2. The van der Waals surface area contributed by atoms with E-state index in [1.807, 2.05) is 57.2 Å². The van der Waals surface area contributed by atoms with Gasteiger partial charge in [-0.05, 0) is 68.7 Å². The van der Waals surface area contributed by atoms with Crippen molar-refractivity contribution >= 4 is 6.08 Å². The fourth-order valence-electron chi connectivity index (χ4n) is 3.91. The lowest BCUT2D eigenvalue weighted by Gasteiger charge is -2.32. The Hall–Kier alpha value is -2.46. The van der Waals surface area contributed by atoms with E-state index >= 15 is 0 Å². The van der Waals surface area contributed by atoms with Crippen LogP contribution in [0, 0.1) is 6.92 Å². The third-order valence-corrected chi connectivity index (χ3v) is 5.41. The Morgan fingerprint density at radius 3 is 2.78 bits per heavy atom. The molecule has 2 aromatic rings. The first-order valence-corrected chi connectivity index (χ1v) is 9.39. The number of fused-ring (bicyclic) bond motifs is 2. The van der Waals surface area contributed by atoms with Gasteiger partial charge in [0.2, 0.25) is 0 Å². The molecular weight excluding hydrogens is 340 g/mol. The minimum atomic E-state index is -0.617. The molecule has 0 bridgehead atoms. The Morgan fingerprint density at radius 1 is 1.19 bits per heavy atom. The molecule has 0 spiro atoms. The largest absolute Gasteiger partial charge is 0.496 e. The van der Waals surface area contributed by atoms with E-state index in [-0.39, 0.29) is 11.5 Å². The van der Waals surface area contributed by atoms with Crippen LogP contribution in [-0.4, -0.2) is 24.4 Å². The fourth-order valence-corrected chi connectivity index (χ4v) is 3.91. The molecule has 0 saturated heterocycles. The van der Waals surface area contributed by atoms with Crippen molar-refractivity contribution < 1.29 is 19.3 Å². The molecule has 27 heavy (non-hydrogen) atoms. The van der Waals surface area contributed by atoms with Crippen LogP contribution in [0.2, 0.25) is 0 Å². The molecule has 0 amide bonds. The van der Waals surface area contributed by atoms with E-state index in [1.165, 1.54) is 0 Å². The Kier molecular flexibility index (Phi) is 4.39. The summed E-state index contributed by atoms with van der Waals surface area (Å²) in [6, 6.07) is 9.93. The maximum absolute atomic E-state index is 11.2. The summed E-state index contributed by atoms with van der Waals surface area (Å²) in [6.45, 7) is 6.66. The van der Waals surface area contributed by atoms with E-state index in [0.29, 0.717) is 6.61 Å². The van der Waals surface area contributed by atoms with Gasteiger partial charge in [-0.3, -0.25) is 0 Å². The normalized spacial score (nSPS) is 20.7. The monoisotopic (exact) mass is 366 g/mol. The van der Waals surface area contributed by atoms with E-state index in [1.54, 1.807) is 7.11 Å². The first-order chi connectivity index (χ1) is 12.9. The molecule has 4 nitrogen and oxygen atoms in total. The Morgan fingerprint density at radius 2 is 2.00 bits per heavy atom. The van der Waals surface area contributed by atoms with Crippen LogP contribution in [0.1, 0.15) is 54.5 Å². The van der Waals surface area contributed by atoms with Crippen molar-refractivity contribution in [3.05, 3.63) is 58.7 Å². The second-order valence-corrected chi connectivity index (χ2v) is 7.88. The summed E-state index contributed by atoms with van der Waals surface area (Å²) >= 11 is 0. The van der Waals surface area contributed by atoms with Gasteiger partial charge in [-0.25, -0.2) is 0 Å². The van der Waals surface area contributed by atoms with Crippen molar-refractivity contribution in [3.63, 3.8) is 0 Å². The van der Waals surface area contributed by atoms with E-state index in [2.05, 4.69) is 6.08 Å². The molecule has 2 aromatic carbocycles. The quantitative estimate of drug-likeness (QED) is 0.849. The number of aliphatic hydroxyl groups excluding tert-OH is 1. The van der Waals surface area contributed by atoms with Crippen LogP contribution >= 0.6 is 0 Å². The van der Waals surface area contributed by atoms with E-state index < -0.39 is 6.10 Å². The maximum Gasteiger partial charge on any atom is 0.127 e. The summed E-state index contributed by atoms with van der Waals surface area (Å²) < 4.78 is 17.3. The molecule has 2 unspecified atom stereocenters. The number of aliphatic hydroxyl groups is 1. The van der Waals surface area contributed by atoms with Crippen LogP contribution in [0.3, 0.4) is 0 Å². The van der Waals surface area contributed by atoms with Crippen LogP contribution in [0.4, 0.5) is 0 Å². The number of methoxy groups -OCH3 is 1. The summed E-state index contributed by atoms with van der Waals surface area (Å²) in [4.78, 5) is 0. The van der Waals surface area contributed by atoms with E-state index in [0.717, 1.165) is 45.9 Å². The van der Waals surface area contributed by atoms with Crippen molar-refractivity contribution in [2.75, 3.05) is 13.7 Å². The molecular formula is C23H26O4. The highest BCUT2D eigenvalue weighted by Crippen LogP contribution is 2.45. The minimum Gasteiger partial charge on any atom is -0.496 e. The Bertz CT molecular complexity index is 897. The Balaban J connectivity index is 1.68. The third kappa shape index (κ3) is 3.30. The summed E-state index contributed by atoms with van der Waals surface area (Å²) in [5.41, 5.74) is 3.62. The van der Waals surface area contributed by atoms with Gasteiger partial charge in [-0.15, -0.1) is 0 Å². The summed E-state index contributed by atoms with van der Waals surface area (Å²) in [7, 11) is 1.67. The van der Waals surface area contributed by atoms with E-state index in [9.17, 15) is 5.11 Å². The van der Waals surface area contributed by atoms with Crippen LogP contribution in [0.5, 0.6) is 17.2 Å². The lowest BCUT2D eigenvalue weighted by atomic mass is 9.84. The van der Waals surface area contributed by atoms with Crippen molar-refractivity contribution in [1.29, 1.82) is 0 Å². The lowest BCUT2D eigenvalue weighted by Crippen LogP contribution is -2.27. The molecule has 0 fully saturated rings. The zero-order chi connectivity index (χ0) is 19.2. The standard InChI is InChI=1S/C23H26O4/c1-14-11-21-18(13-20(14)25-4)17(8-10-26-21)22(24)16-5-6-19-15(12-16)7-9-23(2,3)27-19/h5-7,9,11-13,17,22,24H,8,10H2,1-4H3. The molecule has 4 heteroatoms. The highest BCUT2D eigenvalue weighted by atomic mass is 16.5. The molecule has 1 N–H and O–H groups in total. The molecule has 0 aliphatic carbocycles. The summed E-state index contributed by atoms with van der Waals surface area (Å²) in [6.07, 6.45) is 4.26. The SMILES string of the molecule is COc1cc2c(cc1C)OCCC2C(O)c1ccc2c(c1)C=CC(C)(C)O2. The fraction of sp³-hybridized carbons (Fsp3) is 0.391. The van der Waals surface area contributed by atoms with Crippen molar-refractivity contribution in [2.24, 2.45) is 0 Å². The average Bonchev–Trinajstić information content (AvgIpc) is 2.65. The lowest BCUT2D eigenvalue weighted by molar-refractivity contribution is 0.116. The predicted molar refractivity (Wildman–Crippen MR) is 106 cm³/mol. The van der Waals surface area contributed by atoms with Gasteiger partial charge in [0, 0.05) is 17.0 Å². The number of aryl methyl sites for hydroxylation is 1. The van der Waals surface area contributed by atoms with Gasteiger partial charge in [0.15, 0.2) is 0 Å². The highest BCUT2D eigenvalue weighted by molar-refractivity contribution is 5.62. The minimum absolute atomic E-state index is 0.0359. The number of ether oxygens (including phenoxy) is 3. The molecule has 4 rings (SSSR count). The molecule has 0 aromatic heterocycles. The second-order valence-electron chi connectivity index (χ2n) is 7.88. The first-order valence-electron chi connectivity index (χ1n) is 9.39. The van der Waals surface area contributed by atoms with Gasteiger partial charge in [-0.2, -0.15) is 0 Å². The highest BCUT2D eigenvalue weighted by Gasteiger charge is 2.31. The molecule has 142 valence electrons. The van der Waals surface area contributed by atoms with Crippen molar-refractivity contribution in [2.45, 2.75) is 44.8 Å².